The summed E-state index contributed by atoms with van der Waals surface area (Å²) >= 11 is 1.33. The van der Waals surface area contributed by atoms with Crippen LogP contribution < -0.4 is 10.6 Å². The van der Waals surface area contributed by atoms with Crippen LogP contribution in [-0.2, 0) is 0 Å². The van der Waals surface area contributed by atoms with E-state index in [-0.39, 0.29) is 0 Å². The van der Waals surface area contributed by atoms with E-state index in [4.69, 9.17) is 5.26 Å². The molecular formula is C13H13N5S. The molecule has 0 bridgehead atoms. The average Bonchev–Trinajstić information content (AvgIpc) is 3.10. The van der Waals surface area contributed by atoms with Gasteiger partial charge in [-0.25, -0.2) is 9.97 Å². The van der Waals surface area contributed by atoms with Crippen LogP contribution in [0.5, 0.6) is 0 Å². The van der Waals surface area contributed by atoms with Crippen LogP contribution in [0, 0.1) is 11.3 Å². The zero-order valence-corrected chi connectivity index (χ0v) is 11.1. The van der Waals surface area contributed by atoms with Crippen LogP contribution in [0.2, 0.25) is 0 Å². The molecule has 6 heteroatoms. The Morgan fingerprint density at radius 2 is 2.42 bits per heavy atom. The highest BCUT2D eigenvalue weighted by Crippen LogP contribution is 2.24. The topological polar surface area (TPSA) is 73.6 Å². The predicted octanol–water partition coefficient (Wildman–Crippen LogP) is 2.58. The molecule has 0 unspecified atom stereocenters. The number of hydrogen-bond acceptors (Lipinski definition) is 6. The first kappa shape index (κ1) is 12.1. The summed E-state index contributed by atoms with van der Waals surface area (Å²) in [5.41, 5.74) is 1.06. The Bertz CT molecular complexity index is 609. The maximum atomic E-state index is 8.77. The van der Waals surface area contributed by atoms with Crippen LogP contribution in [0.4, 0.5) is 10.9 Å². The molecule has 1 aliphatic rings. The van der Waals surface area contributed by atoms with E-state index in [2.05, 4.69) is 26.7 Å². The second kappa shape index (κ2) is 5.34. The lowest BCUT2D eigenvalue weighted by atomic mass is 10.1. The third-order valence-corrected chi connectivity index (χ3v) is 3.86. The van der Waals surface area contributed by atoms with Crippen LogP contribution in [0.3, 0.4) is 0 Å². The highest BCUT2D eigenvalue weighted by molar-refractivity contribution is 7.16. The van der Waals surface area contributed by atoms with Gasteiger partial charge in [0.1, 0.15) is 16.8 Å². The fraction of sp³-hybridized carbons (Fsp3) is 0.308. The summed E-state index contributed by atoms with van der Waals surface area (Å²) in [6, 6.07) is 8.37. The lowest BCUT2D eigenvalue weighted by molar-refractivity contribution is 0.629. The number of nitriles is 1. The molecule has 0 amide bonds. The molecule has 3 heterocycles. The van der Waals surface area contributed by atoms with Crippen molar-refractivity contribution in [2.24, 2.45) is 0 Å². The number of pyridine rings is 1. The Labute approximate surface area is 115 Å². The van der Waals surface area contributed by atoms with E-state index in [1.165, 1.54) is 17.8 Å². The standard InChI is InChI=1S/C13H13N5S/c14-7-9-8-16-13(19-9)18-12-5-1-3-11(17-12)10-4-2-6-15-10/h1,3,5,8,10,15H,2,4,6H2,(H,16,17,18)/t10-/m1/s1. The molecule has 19 heavy (non-hydrogen) atoms. The Morgan fingerprint density at radius 1 is 1.47 bits per heavy atom. The summed E-state index contributed by atoms with van der Waals surface area (Å²) in [5.74, 6) is 0.769. The highest BCUT2D eigenvalue weighted by Gasteiger charge is 2.17. The molecule has 2 N–H and O–H groups in total. The summed E-state index contributed by atoms with van der Waals surface area (Å²) in [4.78, 5) is 9.33. The zero-order chi connectivity index (χ0) is 13.1. The lowest BCUT2D eigenvalue weighted by Crippen LogP contribution is -2.14. The number of thiazole rings is 1. The van der Waals surface area contributed by atoms with E-state index in [1.54, 1.807) is 6.20 Å². The van der Waals surface area contributed by atoms with E-state index in [9.17, 15) is 0 Å². The summed E-state index contributed by atoms with van der Waals surface area (Å²) in [6.07, 6.45) is 3.89. The van der Waals surface area contributed by atoms with Crippen molar-refractivity contribution in [1.29, 1.82) is 5.26 Å². The predicted molar refractivity (Wildman–Crippen MR) is 74.3 cm³/mol. The van der Waals surface area contributed by atoms with E-state index in [0.717, 1.165) is 24.5 Å². The lowest BCUT2D eigenvalue weighted by Gasteiger charge is -2.11. The largest absolute Gasteiger partial charge is 0.316 e. The van der Waals surface area contributed by atoms with Gasteiger partial charge in [0.15, 0.2) is 5.13 Å². The third-order valence-electron chi connectivity index (χ3n) is 3.04. The molecule has 2 aromatic heterocycles. The normalized spacial score (nSPS) is 18.2. The average molecular weight is 271 g/mol. The Balaban J connectivity index is 1.77. The van der Waals surface area contributed by atoms with E-state index >= 15 is 0 Å². The molecule has 1 fully saturated rings. The second-order valence-corrected chi connectivity index (χ2v) is 5.39. The zero-order valence-electron chi connectivity index (χ0n) is 10.3. The quantitative estimate of drug-likeness (QED) is 0.897. The van der Waals surface area contributed by atoms with Crippen molar-refractivity contribution in [3.63, 3.8) is 0 Å². The SMILES string of the molecule is N#Cc1cnc(Nc2cccc([C@H]3CCCN3)n2)s1. The third kappa shape index (κ3) is 2.72. The second-order valence-electron chi connectivity index (χ2n) is 4.36. The molecule has 0 saturated carbocycles. The van der Waals surface area contributed by atoms with Crippen molar-refractivity contribution in [3.05, 3.63) is 35.0 Å². The molecule has 5 nitrogen and oxygen atoms in total. The molecule has 0 aliphatic carbocycles. The van der Waals surface area contributed by atoms with Gasteiger partial charge in [0, 0.05) is 6.04 Å². The van der Waals surface area contributed by atoms with Gasteiger partial charge in [-0.1, -0.05) is 17.4 Å². The fourth-order valence-electron chi connectivity index (χ4n) is 2.15. The van der Waals surface area contributed by atoms with Crippen LogP contribution in [0.1, 0.15) is 29.5 Å². The number of anilines is 2. The summed E-state index contributed by atoms with van der Waals surface area (Å²) in [5, 5.41) is 16.0. The molecule has 1 aliphatic heterocycles. The molecule has 1 saturated heterocycles. The fourth-order valence-corrected chi connectivity index (χ4v) is 2.77. The molecule has 2 aromatic rings. The molecular weight excluding hydrogens is 258 g/mol. The maximum Gasteiger partial charge on any atom is 0.189 e. The number of nitrogens with zero attached hydrogens (tertiary/aromatic N) is 3. The molecule has 0 aromatic carbocycles. The molecule has 1 atom stereocenters. The summed E-state index contributed by atoms with van der Waals surface area (Å²) < 4.78 is 0. The van der Waals surface area contributed by atoms with Gasteiger partial charge in [-0.2, -0.15) is 5.26 Å². The molecule has 0 radical (unpaired) electrons. The monoisotopic (exact) mass is 271 g/mol. The Hall–Kier alpha value is -1.97. The first-order chi connectivity index (χ1) is 9.35. The van der Waals surface area contributed by atoms with Gasteiger partial charge in [-0.15, -0.1) is 0 Å². The van der Waals surface area contributed by atoms with Crippen molar-refractivity contribution in [2.75, 3.05) is 11.9 Å². The van der Waals surface area contributed by atoms with Gasteiger partial charge < -0.3 is 10.6 Å². The van der Waals surface area contributed by atoms with Crippen LogP contribution in [-0.4, -0.2) is 16.5 Å². The Kier molecular flexibility index (Phi) is 3.40. The van der Waals surface area contributed by atoms with Crippen molar-refractivity contribution in [2.45, 2.75) is 18.9 Å². The van der Waals surface area contributed by atoms with E-state index in [1.807, 2.05) is 18.2 Å². The van der Waals surface area contributed by atoms with Crippen molar-refractivity contribution in [3.8, 4) is 6.07 Å². The minimum atomic E-state index is 0.354. The first-order valence-electron chi connectivity index (χ1n) is 6.18. The minimum Gasteiger partial charge on any atom is -0.316 e. The number of aromatic nitrogens is 2. The van der Waals surface area contributed by atoms with Gasteiger partial charge >= 0.3 is 0 Å². The van der Waals surface area contributed by atoms with Crippen molar-refractivity contribution in [1.82, 2.24) is 15.3 Å². The van der Waals surface area contributed by atoms with Crippen LogP contribution >= 0.6 is 11.3 Å². The van der Waals surface area contributed by atoms with Gasteiger partial charge in [-0.05, 0) is 31.5 Å². The molecule has 3 rings (SSSR count). The van der Waals surface area contributed by atoms with E-state index in [0.29, 0.717) is 16.1 Å². The van der Waals surface area contributed by atoms with Crippen molar-refractivity contribution >= 4 is 22.3 Å². The van der Waals surface area contributed by atoms with Gasteiger partial charge in [0.05, 0.1) is 11.9 Å². The van der Waals surface area contributed by atoms with Gasteiger partial charge in [0.2, 0.25) is 0 Å². The van der Waals surface area contributed by atoms with Crippen LogP contribution in [0.15, 0.2) is 24.4 Å². The highest BCUT2D eigenvalue weighted by atomic mass is 32.1. The minimum absolute atomic E-state index is 0.354. The molecule has 96 valence electrons. The Morgan fingerprint density at radius 3 is 3.16 bits per heavy atom. The number of hydrogen-bond donors (Lipinski definition) is 2. The van der Waals surface area contributed by atoms with Gasteiger partial charge in [-0.3, -0.25) is 0 Å². The van der Waals surface area contributed by atoms with Crippen LogP contribution in [0.25, 0.3) is 0 Å². The maximum absolute atomic E-state index is 8.77. The summed E-state index contributed by atoms with van der Waals surface area (Å²) in [7, 11) is 0. The number of nitrogens with one attached hydrogen (secondary N) is 2. The smallest absolute Gasteiger partial charge is 0.189 e. The number of rotatable bonds is 3. The van der Waals surface area contributed by atoms with Crippen molar-refractivity contribution < 1.29 is 0 Å². The van der Waals surface area contributed by atoms with E-state index < -0.39 is 0 Å². The van der Waals surface area contributed by atoms with Gasteiger partial charge in [0.25, 0.3) is 0 Å². The summed E-state index contributed by atoms with van der Waals surface area (Å²) in [6.45, 7) is 1.06. The molecule has 0 spiro atoms. The first-order valence-corrected chi connectivity index (χ1v) is 7.00.